The highest BCUT2D eigenvalue weighted by Gasteiger charge is 2.14. The van der Waals surface area contributed by atoms with Gasteiger partial charge in [0.1, 0.15) is 17.4 Å². The maximum atomic E-state index is 13.4. The Morgan fingerprint density at radius 3 is 2.87 bits per heavy atom. The number of nitriles is 1. The Morgan fingerprint density at radius 2 is 2.17 bits per heavy atom. The lowest BCUT2D eigenvalue weighted by molar-refractivity contribution is 0.0953. The molecule has 0 atom stereocenters. The van der Waals surface area contributed by atoms with Gasteiger partial charge in [0.25, 0.3) is 5.91 Å². The fourth-order valence-electron chi connectivity index (χ4n) is 1.96. The van der Waals surface area contributed by atoms with E-state index >= 15 is 0 Å². The fourth-order valence-corrected chi connectivity index (χ4v) is 2.43. The number of hydrogen-bond donors (Lipinski definition) is 3. The minimum atomic E-state index is -0.715. The maximum Gasteiger partial charge on any atom is 0.252 e. The van der Waals surface area contributed by atoms with Crippen molar-refractivity contribution in [1.82, 2.24) is 15.5 Å². The first kappa shape index (κ1) is 17.1. The molecule has 9 heteroatoms. The van der Waals surface area contributed by atoms with Gasteiger partial charge in [-0.2, -0.15) is 10.4 Å². The molecule has 120 valence electrons. The van der Waals surface area contributed by atoms with Crippen LogP contribution >= 0.6 is 23.2 Å². The molecule has 0 bridgehead atoms. The molecule has 0 saturated heterocycles. The number of nitrogens with one attached hydrogen (secondary N) is 2. The smallest absolute Gasteiger partial charge is 0.252 e. The quantitative estimate of drug-likeness (QED) is 0.565. The number of anilines is 1. The van der Waals surface area contributed by atoms with Gasteiger partial charge in [0, 0.05) is 6.54 Å². The summed E-state index contributed by atoms with van der Waals surface area (Å²) in [5.74, 6) is -1.07. The summed E-state index contributed by atoms with van der Waals surface area (Å²) in [5, 5.41) is 17.9. The normalized spacial score (nSPS) is 10.3. The molecule has 0 radical (unpaired) electrons. The molecule has 1 heterocycles. The Hall–Kier alpha value is -2.30. The van der Waals surface area contributed by atoms with Crippen molar-refractivity contribution in [1.29, 1.82) is 5.26 Å². The molecule has 4 N–H and O–H groups in total. The van der Waals surface area contributed by atoms with Crippen LogP contribution in [0.5, 0.6) is 0 Å². The number of amides is 1. The van der Waals surface area contributed by atoms with Crippen molar-refractivity contribution in [2.45, 2.75) is 12.8 Å². The molecule has 0 aliphatic heterocycles. The molecule has 0 unspecified atom stereocenters. The van der Waals surface area contributed by atoms with E-state index in [1.165, 1.54) is 6.07 Å². The molecular formula is C14H12Cl2FN5O. The lowest BCUT2D eigenvalue weighted by Gasteiger charge is -2.07. The summed E-state index contributed by atoms with van der Waals surface area (Å²) in [6.45, 7) is 0.309. The summed E-state index contributed by atoms with van der Waals surface area (Å²) in [4.78, 5) is 12.0. The molecule has 6 nitrogen and oxygen atoms in total. The van der Waals surface area contributed by atoms with E-state index in [2.05, 4.69) is 15.5 Å². The van der Waals surface area contributed by atoms with Gasteiger partial charge in [-0.15, -0.1) is 0 Å². The lowest BCUT2D eigenvalue weighted by atomic mass is 10.1. The van der Waals surface area contributed by atoms with Crippen LogP contribution in [0.3, 0.4) is 0 Å². The molecular weight excluding hydrogens is 344 g/mol. The van der Waals surface area contributed by atoms with Crippen molar-refractivity contribution < 1.29 is 9.18 Å². The summed E-state index contributed by atoms with van der Waals surface area (Å²) >= 11 is 11.5. The average Bonchev–Trinajstić information content (AvgIpc) is 2.87. The number of aromatic nitrogens is 2. The number of carbonyl (C=O) groups excluding carboxylic acids is 1. The number of benzene rings is 1. The van der Waals surface area contributed by atoms with E-state index < -0.39 is 11.7 Å². The predicted molar refractivity (Wildman–Crippen MR) is 84.8 cm³/mol. The minimum absolute atomic E-state index is 0.0112. The van der Waals surface area contributed by atoms with Crippen LogP contribution in [0.1, 0.15) is 28.0 Å². The van der Waals surface area contributed by atoms with E-state index in [9.17, 15) is 9.18 Å². The van der Waals surface area contributed by atoms with Crippen molar-refractivity contribution in [3.63, 3.8) is 0 Å². The summed E-state index contributed by atoms with van der Waals surface area (Å²) in [5.41, 5.74) is 6.45. The zero-order valence-electron chi connectivity index (χ0n) is 11.8. The van der Waals surface area contributed by atoms with Gasteiger partial charge < -0.3 is 11.1 Å². The highest BCUT2D eigenvalue weighted by molar-refractivity contribution is 6.36. The number of rotatable bonds is 5. The first-order valence-electron chi connectivity index (χ1n) is 6.59. The zero-order valence-corrected chi connectivity index (χ0v) is 13.3. The molecule has 1 aromatic heterocycles. The van der Waals surface area contributed by atoms with Crippen molar-refractivity contribution in [3.8, 4) is 6.07 Å². The fraction of sp³-hybridized carbons (Fsp3) is 0.214. The van der Waals surface area contributed by atoms with Gasteiger partial charge in [-0.25, -0.2) is 4.39 Å². The third kappa shape index (κ3) is 3.92. The number of halogens is 3. The summed E-state index contributed by atoms with van der Waals surface area (Å²) in [7, 11) is 0. The van der Waals surface area contributed by atoms with E-state index in [1.54, 1.807) is 0 Å². The second-order valence-corrected chi connectivity index (χ2v) is 5.49. The van der Waals surface area contributed by atoms with Crippen molar-refractivity contribution in [2.75, 3.05) is 12.3 Å². The van der Waals surface area contributed by atoms with Gasteiger partial charge in [0.05, 0.1) is 21.3 Å². The highest BCUT2D eigenvalue weighted by atomic mass is 35.5. The molecule has 2 aromatic rings. The van der Waals surface area contributed by atoms with Crippen LogP contribution in [0.4, 0.5) is 10.2 Å². The second kappa shape index (κ2) is 7.31. The number of aryl methyl sites for hydroxylation is 1. The van der Waals surface area contributed by atoms with Crippen LogP contribution in [0, 0.1) is 17.1 Å². The van der Waals surface area contributed by atoms with Gasteiger partial charge >= 0.3 is 0 Å². The zero-order chi connectivity index (χ0) is 17.0. The Labute approximate surface area is 141 Å². The van der Waals surface area contributed by atoms with Crippen molar-refractivity contribution in [2.24, 2.45) is 0 Å². The van der Waals surface area contributed by atoms with Crippen LogP contribution in [0.25, 0.3) is 0 Å². The number of nitrogens with zero attached hydrogens (tertiary/aromatic N) is 2. The van der Waals surface area contributed by atoms with E-state index in [0.717, 1.165) is 6.07 Å². The van der Waals surface area contributed by atoms with E-state index in [4.69, 9.17) is 34.2 Å². The third-order valence-corrected chi connectivity index (χ3v) is 3.73. The van der Waals surface area contributed by atoms with Gasteiger partial charge in [0.2, 0.25) is 0 Å². The molecule has 0 aliphatic rings. The number of hydrogen-bond acceptors (Lipinski definition) is 4. The molecule has 0 fully saturated rings. The van der Waals surface area contributed by atoms with Crippen molar-refractivity contribution >= 4 is 34.9 Å². The first-order valence-corrected chi connectivity index (χ1v) is 7.35. The third-order valence-electron chi connectivity index (χ3n) is 3.12. The topological polar surface area (TPSA) is 108 Å². The minimum Gasteiger partial charge on any atom is -0.381 e. The van der Waals surface area contributed by atoms with Gasteiger partial charge in [0.15, 0.2) is 5.82 Å². The molecule has 1 amide bonds. The monoisotopic (exact) mass is 355 g/mol. The summed E-state index contributed by atoms with van der Waals surface area (Å²) in [6.07, 6.45) is 1.02. The molecule has 23 heavy (non-hydrogen) atoms. The number of aromatic amines is 1. The van der Waals surface area contributed by atoms with Crippen LogP contribution < -0.4 is 11.1 Å². The highest BCUT2D eigenvalue weighted by Crippen LogP contribution is 2.24. The summed E-state index contributed by atoms with van der Waals surface area (Å²) < 4.78 is 13.4. The van der Waals surface area contributed by atoms with Crippen LogP contribution in [0.15, 0.2) is 12.1 Å². The number of nitrogen functional groups attached to an aromatic ring is 1. The van der Waals surface area contributed by atoms with E-state index in [-0.39, 0.29) is 21.4 Å². The van der Waals surface area contributed by atoms with Crippen molar-refractivity contribution in [3.05, 3.63) is 44.8 Å². The number of carbonyl (C=O) groups is 1. The first-order chi connectivity index (χ1) is 10.9. The predicted octanol–water partition coefficient (Wildman–Crippen LogP) is 2.67. The largest absolute Gasteiger partial charge is 0.381 e. The van der Waals surface area contributed by atoms with E-state index in [0.29, 0.717) is 30.6 Å². The standard InChI is InChI=1S/C14H12Cl2FN5O/c15-9-5-10(16)11(17)4-7(9)14(23)20-3-1-2-12-8(6-18)13(19)22-21-12/h4-5H,1-3H2,(H,20,23)(H3,19,21,22). The van der Waals surface area contributed by atoms with Crippen LogP contribution in [0.2, 0.25) is 10.0 Å². The van der Waals surface area contributed by atoms with Gasteiger partial charge in [-0.1, -0.05) is 23.2 Å². The molecule has 0 saturated carbocycles. The molecule has 2 rings (SSSR count). The number of nitrogens with two attached hydrogens (primary N) is 1. The molecule has 0 spiro atoms. The van der Waals surface area contributed by atoms with E-state index in [1.807, 2.05) is 6.07 Å². The Kier molecular flexibility index (Phi) is 5.42. The Bertz CT molecular complexity index is 784. The van der Waals surface area contributed by atoms with Crippen LogP contribution in [-0.4, -0.2) is 22.6 Å². The Balaban J connectivity index is 1.91. The average molecular weight is 356 g/mol. The lowest BCUT2D eigenvalue weighted by Crippen LogP contribution is -2.25. The Morgan fingerprint density at radius 1 is 1.43 bits per heavy atom. The van der Waals surface area contributed by atoms with Crippen LogP contribution in [-0.2, 0) is 6.42 Å². The van der Waals surface area contributed by atoms with Gasteiger partial charge in [-0.3, -0.25) is 9.89 Å². The SMILES string of the molecule is N#Cc1c(N)n[nH]c1CCCNC(=O)c1cc(F)c(Cl)cc1Cl. The maximum absolute atomic E-state index is 13.4. The number of H-pyrrole nitrogens is 1. The second-order valence-electron chi connectivity index (χ2n) is 4.68. The van der Waals surface area contributed by atoms with Gasteiger partial charge in [-0.05, 0) is 25.0 Å². The molecule has 0 aliphatic carbocycles. The summed E-state index contributed by atoms with van der Waals surface area (Å²) in [6, 6.07) is 4.13. The molecule has 1 aromatic carbocycles.